The monoisotopic (exact) mass is 419 g/mol. The summed E-state index contributed by atoms with van der Waals surface area (Å²) in [6, 6.07) is 1.35. The molecule has 0 bridgehead atoms. The van der Waals surface area contributed by atoms with Crippen molar-refractivity contribution in [2.24, 2.45) is 5.92 Å². The van der Waals surface area contributed by atoms with Crippen molar-refractivity contribution in [3.05, 3.63) is 18.5 Å². The maximum Gasteiger partial charge on any atom is 0.408 e. The average Bonchev–Trinajstić information content (AvgIpc) is 2.60. The van der Waals surface area contributed by atoms with E-state index in [9.17, 15) is 9.59 Å². The van der Waals surface area contributed by atoms with Crippen LogP contribution in [0.5, 0.6) is 0 Å². The summed E-state index contributed by atoms with van der Waals surface area (Å²) >= 11 is 1.06. The lowest BCUT2D eigenvalue weighted by molar-refractivity contribution is -0.131. The molecule has 0 radical (unpaired) electrons. The highest BCUT2D eigenvalue weighted by Crippen LogP contribution is 2.33. The fourth-order valence-corrected chi connectivity index (χ4v) is 4.20. The molecule has 1 aromatic heterocycles. The van der Waals surface area contributed by atoms with Gasteiger partial charge in [0.15, 0.2) is 0 Å². The van der Waals surface area contributed by atoms with Crippen molar-refractivity contribution < 1.29 is 14.3 Å². The van der Waals surface area contributed by atoms with Gasteiger partial charge >= 0.3 is 6.09 Å². The van der Waals surface area contributed by atoms with Crippen molar-refractivity contribution in [3.63, 3.8) is 0 Å². The van der Waals surface area contributed by atoms with Gasteiger partial charge in [-0.25, -0.2) is 4.79 Å². The van der Waals surface area contributed by atoms with Crippen molar-refractivity contribution >= 4 is 29.4 Å². The van der Waals surface area contributed by atoms with Gasteiger partial charge in [0.2, 0.25) is 5.91 Å². The van der Waals surface area contributed by atoms with Crippen LogP contribution in [0.1, 0.15) is 34.6 Å². The molecule has 1 N–H and O–H groups in total. The van der Waals surface area contributed by atoms with Crippen LogP contribution in [-0.2, 0) is 9.53 Å². The van der Waals surface area contributed by atoms with Gasteiger partial charge in [0.1, 0.15) is 11.0 Å². The van der Waals surface area contributed by atoms with E-state index in [2.05, 4.69) is 27.5 Å². The summed E-state index contributed by atoms with van der Waals surface area (Å²) in [5, 5.41) is 14.2. The van der Waals surface area contributed by atoms with Crippen molar-refractivity contribution in [2.75, 3.05) is 25.0 Å². The number of pyridine rings is 1. The van der Waals surface area contributed by atoms with E-state index in [4.69, 9.17) is 10.00 Å². The van der Waals surface area contributed by atoms with Gasteiger partial charge < -0.3 is 19.9 Å². The number of thioether (sulfide) groups is 1. The molecule has 1 aromatic rings. The third-order valence-corrected chi connectivity index (χ3v) is 5.45. The van der Waals surface area contributed by atoms with E-state index in [1.165, 1.54) is 6.92 Å². The topological polar surface area (TPSA) is 98.6 Å². The Balaban J connectivity index is 2.32. The van der Waals surface area contributed by atoms with Crippen LogP contribution in [0.25, 0.3) is 0 Å². The fraction of sp³-hybridized carbons (Fsp3) is 0.600. The van der Waals surface area contributed by atoms with Gasteiger partial charge in [-0.05, 0) is 44.5 Å². The maximum atomic E-state index is 12.5. The Kier molecular flexibility index (Phi) is 7.36. The number of thiocyanates is 1. The number of carbonyl (C=O) groups is 2. The van der Waals surface area contributed by atoms with Crippen molar-refractivity contribution in [1.29, 1.82) is 5.26 Å². The number of nitriles is 1. The number of carbonyl (C=O) groups excluding carboxylic acids is 2. The first kappa shape index (κ1) is 22.8. The minimum absolute atomic E-state index is 0.0593. The Morgan fingerprint density at radius 3 is 2.69 bits per heavy atom. The second-order valence-corrected chi connectivity index (χ2v) is 9.12. The van der Waals surface area contributed by atoms with Gasteiger partial charge in [-0.15, -0.1) is 0 Å². The summed E-state index contributed by atoms with van der Waals surface area (Å²) < 4.78 is 5.44. The Morgan fingerprint density at radius 2 is 2.10 bits per heavy atom. The third-order valence-electron chi connectivity index (χ3n) is 4.83. The number of nitrogens with zero attached hydrogens (tertiary/aromatic N) is 4. The molecule has 3 unspecified atom stereocenters. The molecule has 0 aliphatic carbocycles. The Morgan fingerprint density at radius 1 is 1.41 bits per heavy atom. The van der Waals surface area contributed by atoms with Gasteiger partial charge in [0.25, 0.3) is 0 Å². The summed E-state index contributed by atoms with van der Waals surface area (Å²) in [7, 11) is 1.76. The number of hydrogen-bond donors (Lipinski definition) is 1. The summed E-state index contributed by atoms with van der Waals surface area (Å²) in [4.78, 5) is 33.2. The highest BCUT2D eigenvalue weighted by molar-refractivity contribution is 8.03. The average molecular weight is 420 g/mol. The van der Waals surface area contributed by atoms with Gasteiger partial charge in [0.05, 0.1) is 22.7 Å². The highest BCUT2D eigenvalue weighted by atomic mass is 32.2. The molecule has 29 heavy (non-hydrogen) atoms. The Hall–Kier alpha value is -2.47. The lowest BCUT2D eigenvalue weighted by atomic mass is 9.88. The Bertz CT molecular complexity index is 789. The summed E-state index contributed by atoms with van der Waals surface area (Å²) in [6.45, 7) is 10.2. The number of ether oxygens (including phenoxy) is 1. The normalized spacial score (nSPS) is 21.8. The van der Waals surface area contributed by atoms with Crippen molar-refractivity contribution in [1.82, 2.24) is 15.2 Å². The van der Waals surface area contributed by atoms with Crippen LogP contribution in [0.15, 0.2) is 23.4 Å². The zero-order valence-electron chi connectivity index (χ0n) is 17.8. The molecule has 1 aliphatic rings. The van der Waals surface area contributed by atoms with E-state index >= 15 is 0 Å². The molecule has 0 spiro atoms. The molecule has 2 rings (SSSR count). The SMILES string of the molecule is CC(=O)N(C)C1C(C)CN(c2ccncc2SC#N)CC1NC(=O)OC(C)(C)C. The number of aromatic nitrogens is 1. The number of hydrogen-bond acceptors (Lipinski definition) is 7. The molecular weight excluding hydrogens is 390 g/mol. The third kappa shape index (κ3) is 6.00. The molecular formula is C20H29N5O3S. The summed E-state index contributed by atoms with van der Waals surface area (Å²) in [6.07, 6.45) is 2.84. The van der Waals surface area contributed by atoms with Crippen LogP contribution in [0.2, 0.25) is 0 Å². The van der Waals surface area contributed by atoms with E-state index < -0.39 is 11.7 Å². The lowest BCUT2D eigenvalue weighted by Gasteiger charge is -2.47. The first-order chi connectivity index (χ1) is 13.5. The second kappa shape index (κ2) is 9.35. The molecule has 2 amide bonds. The molecule has 1 aliphatic heterocycles. The maximum absolute atomic E-state index is 12.5. The smallest absolute Gasteiger partial charge is 0.408 e. The van der Waals surface area contributed by atoms with E-state index in [0.717, 1.165) is 22.3 Å². The number of rotatable bonds is 4. The molecule has 0 saturated carbocycles. The number of likely N-dealkylation sites (N-methyl/N-ethyl adjacent to an activating group) is 1. The van der Waals surface area contributed by atoms with Crippen LogP contribution in [0.3, 0.4) is 0 Å². The molecule has 0 aromatic carbocycles. The van der Waals surface area contributed by atoms with E-state index in [1.54, 1.807) is 24.3 Å². The van der Waals surface area contributed by atoms with Gasteiger partial charge in [-0.3, -0.25) is 9.78 Å². The fourth-order valence-electron chi connectivity index (χ4n) is 3.68. The minimum Gasteiger partial charge on any atom is -0.444 e. The van der Waals surface area contributed by atoms with Crippen LogP contribution < -0.4 is 10.2 Å². The number of piperidine rings is 1. The van der Waals surface area contributed by atoms with Crippen molar-refractivity contribution in [2.45, 2.75) is 57.2 Å². The van der Waals surface area contributed by atoms with E-state index in [-0.39, 0.29) is 23.9 Å². The largest absolute Gasteiger partial charge is 0.444 e. The molecule has 8 nitrogen and oxygen atoms in total. The molecule has 3 atom stereocenters. The van der Waals surface area contributed by atoms with Crippen LogP contribution in [0.4, 0.5) is 10.5 Å². The number of amides is 2. The first-order valence-electron chi connectivity index (χ1n) is 9.51. The molecule has 2 heterocycles. The van der Waals surface area contributed by atoms with Crippen LogP contribution in [0, 0.1) is 16.6 Å². The number of anilines is 1. The number of nitrogens with one attached hydrogen (secondary N) is 1. The van der Waals surface area contributed by atoms with Crippen LogP contribution >= 0.6 is 11.8 Å². The number of alkyl carbamates (subject to hydrolysis) is 1. The van der Waals surface area contributed by atoms with Gasteiger partial charge in [-0.2, -0.15) is 5.26 Å². The van der Waals surface area contributed by atoms with Gasteiger partial charge in [0, 0.05) is 39.5 Å². The van der Waals surface area contributed by atoms with E-state index in [1.807, 2.05) is 26.8 Å². The lowest BCUT2D eigenvalue weighted by Crippen LogP contribution is -2.64. The second-order valence-electron chi connectivity index (χ2n) is 8.29. The van der Waals surface area contributed by atoms with E-state index in [0.29, 0.717) is 13.1 Å². The summed E-state index contributed by atoms with van der Waals surface area (Å²) in [5.74, 6) is 0.0154. The van der Waals surface area contributed by atoms with Gasteiger partial charge in [-0.1, -0.05) is 6.92 Å². The zero-order chi connectivity index (χ0) is 21.8. The van der Waals surface area contributed by atoms with Crippen molar-refractivity contribution in [3.8, 4) is 5.40 Å². The molecule has 9 heteroatoms. The quantitative estimate of drug-likeness (QED) is 0.592. The zero-order valence-corrected chi connectivity index (χ0v) is 18.6. The highest BCUT2D eigenvalue weighted by Gasteiger charge is 2.40. The molecule has 1 fully saturated rings. The first-order valence-corrected chi connectivity index (χ1v) is 10.3. The Labute approximate surface area is 176 Å². The summed E-state index contributed by atoms with van der Waals surface area (Å²) in [5.41, 5.74) is 0.270. The minimum atomic E-state index is -0.617. The molecule has 158 valence electrons. The predicted octanol–water partition coefficient (Wildman–Crippen LogP) is 2.85. The predicted molar refractivity (Wildman–Crippen MR) is 112 cm³/mol. The molecule has 1 saturated heterocycles. The van der Waals surface area contributed by atoms with Crippen LogP contribution in [-0.4, -0.2) is 59.7 Å². The standard InChI is InChI=1S/C20H29N5O3S/c1-13-10-25(16-7-8-22-9-17(16)29-12-21)11-15(18(13)24(6)14(2)26)23-19(27)28-20(3,4)5/h7-9,13,15,18H,10-11H2,1-6H3,(H,23,27).